The molecule has 7 heteroatoms. The van der Waals surface area contributed by atoms with E-state index >= 15 is 0 Å². The Labute approximate surface area is 180 Å². The van der Waals surface area contributed by atoms with E-state index in [4.69, 9.17) is 4.42 Å². The maximum absolute atomic E-state index is 14.1. The van der Waals surface area contributed by atoms with Crippen LogP contribution in [0.25, 0.3) is 5.76 Å². The van der Waals surface area contributed by atoms with Crippen molar-refractivity contribution in [2.45, 2.75) is 19.5 Å². The van der Waals surface area contributed by atoms with E-state index in [1.165, 1.54) is 23.3 Å². The minimum Gasteiger partial charge on any atom is -0.507 e. The van der Waals surface area contributed by atoms with E-state index in [1.807, 2.05) is 0 Å². The van der Waals surface area contributed by atoms with Gasteiger partial charge < -0.3 is 14.4 Å². The van der Waals surface area contributed by atoms with Crippen LogP contribution in [0.1, 0.15) is 28.5 Å². The summed E-state index contributed by atoms with van der Waals surface area (Å²) in [4.78, 5) is 27.1. The lowest BCUT2D eigenvalue weighted by atomic mass is 9.95. The molecule has 0 bridgehead atoms. The average Bonchev–Trinajstić information content (AvgIpc) is 3.33. The van der Waals surface area contributed by atoms with Crippen molar-refractivity contribution in [1.82, 2.24) is 4.90 Å². The topological polar surface area (TPSA) is 70.8 Å². The molecule has 2 heterocycles. The summed E-state index contributed by atoms with van der Waals surface area (Å²) in [6.45, 7) is 1.65. The second kappa shape index (κ2) is 7.91. The highest BCUT2D eigenvalue weighted by Gasteiger charge is 2.46. The summed E-state index contributed by atoms with van der Waals surface area (Å²) in [6.07, 6.45) is 1.48. The Balaban J connectivity index is 1.87. The van der Waals surface area contributed by atoms with E-state index in [-0.39, 0.29) is 17.7 Å². The first-order chi connectivity index (χ1) is 14.4. The molecule has 0 radical (unpaired) electrons. The van der Waals surface area contributed by atoms with Crippen molar-refractivity contribution >= 4 is 33.4 Å². The van der Waals surface area contributed by atoms with Crippen LogP contribution in [-0.4, -0.2) is 21.7 Å². The van der Waals surface area contributed by atoms with E-state index in [2.05, 4.69) is 15.9 Å². The summed E-state index contributed by atoms with van der Waals surface area (Å²) >= 11 is 3.37. The zero-order valence-corrected chi connectivity index (χ0v) is 17.5. The summed E-state index contributed by atoms with van der Waals surface area (Å²) in [5.74, 6) is -2.01. The summed E-state index contributed by atoms with van der Waals surface area (Å²) in [5, 5.41) is 10.9. The van der Waals surface area contributed by atoms with E-state index < -0.39 is 29.3 Å². The lowest BCUT2D eigenvalue weighted by Gasteiger charge is -2.24. The van der Waals surface area contributed by atoms with Gasteiger partial charge >= 0.3 is 0 Å². The summed E-state index contributed by atoms with van der Waals surface area (Å²) in [5.41, 5.74) is 1.10. The number of halogens is 2. The molecule has 1 saturated heterocycles. The minimum atomic E-state index is -0.840. The van der Waals surface area contributed by atoms with Crippen LogP contribution in [0.4, 0.5) is 4.39 Å². The molecule has 1 fully saturated rings. The molecule has 1 aliphatic rings. The first-order valence-corrected chi connectivity index (χ1v) is 9.99. The Hall–Kier alpha value is -3.19. The standard InChI is InChI=1S/C23H17BrFNO4/c1-13-4-5-15(11-18(13)25)21(27)19-20(14-6-8-16(24)9-7-14)26(23(29)22(19)28)12-17-3-2-10-30-17/h2-11,20,27H,12H2,1H3/t20-/m0/s1. The van der Waals surface area contributed by atoms with Crippen LogP contribution < -0.4 is 0 Å². The van der Waals surface area contributed by atoms with Crippen molar-refractivity contribution in [3.05, 3.63) is 99.2 Å². The molecule has 0 saturated carbocycles. The fourth-order valence-corrected chi connectivity index (χ4v) is 3.77. The molecule has 1 atom stereocenters. The van der Waals surface area contributed by atoms with Crippen molar-refractivity contribution in [3.8, 4) is 0 Å². The van der Waals surface area contributed by atoms with Crippen LogP contribution >= 0.6 is 15.9 Å². The van der Waals surface area contributed by atoms with Crippen LogP contribution in [0.3, 0.4) is 0 Å². The number of likely N-dealkylation sites (tertiary alicyclic amines) is 1. The maximum Gasteiger partial charge on any atom is 0.296 e. The van der Waals surface area contributed by atoms with E-state index in [1.54, 1.807) is 43.3 Å². The van der Waals surface area contributed by atoms with Gasteiger partial charge in [0, 0.05) is 10.0 Å². The van der Waals surface area contributed by atoms with Crippen molar-refractivity contribution in [1.29, 1.82) is 0 Å². The molecule has 152 valence electrons. The lowest BCUT2D eigenvalue weighted by molar-refractivity contribution is -0.140. The largest absolute Gasteiger partial charge is 0.507 e. The number of aliphatic hydroxyl groups excluding tert-OH is 1. The first kappa shape index (κ1) is 20.1. The third-order valence-corrected chi connectivity index (χ3v) is 5.61. The number of aliphatic hydroxyl groups is 1. The van der Waals surface area contributed by atoms with Crippen LogP contribution in [0.5, 0.6) is 0 Å². The van der Waals surface area contributed by atoms with Gasteiger partial charge in [0.1, 0.15) is 17.3 Å². The molecule has 0 spiro atoms. The van der Waals surface area contributed by atoms with Crippen LogP contribution in [-0.2, 0) is 16.1 Å². The van der Waals surface area contributed by atoms with Crippen molar-refractivity contribution in [3.63, 3.8) is 0 Å². The van der Waals surface area contributed by atoms with E-state index in [0.29, 0.717) is 16.9 Å². The zero-order valence-electron chi connectivity index (χ0n) is 15.9. The third kappa shape index (κ3) is 3.57. The van der Waals surface area contributed by atoms with Crippen LogP contribution in [0, 0.1) is 12.7 Å². The molecule has 0 unspecified atom stereocenters. The highest BCUT2D eigenvalue weighted by molar-refractivity contribution is 9.10. The molecule has 4 rings (SSSR count). The predicted molar refractivity (Wildman–Crippen MR) is 112 cm³/mol. The fraction of sp³-hybridized carbons (Fsp3) is 0.130. The molecular formula is C23H17BrFNO4. The zero-order chi connectivity index (χ0) is 21.4. The number of carbonyl (C=O) groups is 2. The van der Waals surface area contributed by atoms with Gasteiger partial charge in [0.25, 0.3) is 11.7 Å². The number of ketones is 1. The SMILES string of the molecule is Cc1ccc(C(O)=C2C(=O)C(=O)N(Cc3ccco3)[C@H]2c2ccc(Br)cc2)cc1F. The van der Waals surface area contributed by atoms with Gasteiger partial charge in [-0.25, -0.2) is 4.39 Å². The Morgan fingerprint density at radius 3 is 2.53 bits per heavy atom. The number of aryl methyl sites for hydroxylation is 1. The number of nitrogens with zero attached hydrogens (tertiary/aromatic N) is 1. The number of carbonyl (C=O) groups excluding carboxylic acids is 2. The lowest BCUT2D eigenvalue weighted by Crippen LogP contribution is -2.29. The highest BCUT2D eigenvalue weighted by Crippen LogP contribution is 2.40. The molecule has 3 aromatic rings. The van der Waals surface area contributed by atoms with Crippen LogP contribution in [0.15, 0.2) is 75.3 Å². The number of benzene rings is 2. The Morgan fingerprint density at radius 2 is 1.90 bits per heavy atom. The number of hydrogen-bond donors (Lipinski definition) is 1. The van der Waals surface area contributed by atoms with Gasteiger partial charge in [0.05, 0.1) is 24.4 Å². The second-order valence-corrected chi connectivity index (χ2v) is 7.94. The second-order valence-electron chi connectivity index (χ2n) is 7.02. The average molecular weight is 470 g/mol. The normalized spacial score (nSPS) is 18.2. The smallest absolute Gasteiger partial charge is 0.296 e. The molecule has 2 aromatic carbocycles. The van der Waals surface area contributed by atoms with Gasteiger partial charge in [-0.3, -0.25) is 9.59 Å². The van der Waals surface area contributed by atoms with Gasteiger partial charge in [-0.2, -0.15) is 0 Å². The van der Waals surface area contributed by atoms with Crippen molar-refractivity contribution < 1.29 is 23.5 Å². The number of amides is 1. The Bertz CT molecular complexity index is 1150. The van der Waals surface area contributed by atoms with Crippen molar-refractivity contribution in [2.24, 2.45) is 0 Å². The van der Waals surface area contributed by atoms with Gasteiger partial charge in [0.15, 0.2) is 0 Å². The predicted octanol–water partition coefficient (Wildman–Crippen LogP) is 5.11. The molecule has 30 heavy (non-hydrogen) atoms. The summed E-state index contributed by atoms with van der Waals surface area (Å²) in [6, 6.07) is 13.8. The molecule has 1 aliphatic heterocycles. The summed E-state index contributed by atoms with van der Waals surface area (Å²) in [7, 11) is 0. The van der Waals surface area contributed by atoms with Crippen LogP contribution in [0.2, 0.25) is 0 Å². The first-order valence-electron chi connectivity index (χ1n) is 9.19. The number of furan rings is 1. The molecule has 1 aromatic heterocycles. The summed E-state index contributed by atoms with van der Waals surface area (Å²) < 4.78 is 20.3. The van der Waals surface area contributed by atoms with Gasteiger partial charge in [-0.05, 0) is 48.4 Å². The molecular weight excluding hydrogens is 453 g/mol. The number of hydrogen-bond acceptors (Lipinski definition) is 4. The third-order valence-electron chi connectivity index (χ3n) is 5.08. The monoisotopic (exact) mass is 469 g/mol. The Morgan fingerprint density at radius 1 is 1.17 bits per heavy atom. The van der Waals surface area contributed by atoms with Gasteiger partial charge in [-0.1, -0.05) is 40.2 Å². The van der Waals surface area contributed by atoms with Crippen molar-refractivity contribution in [2.75, 3.05) is 0 Å². The van der Waals surface area contributed by atoms with Gasteiger partial charge in [0.2, 0.25) is 0 Å². The van der Waals surface area contributed by atoms with E-state index in [0.717, 1.165) is 10.5 Å². The highest BCUT2D eigenvalue weighted by atomic mass is 79.9. The molecule has 1 amide bonds. The Kier molecular flexibility index (Phi) is 5.30. The molecule has 5 nitrogen and oxygen atoms in total. The van der Waals surface area contributed by atoms with Gasteiger partial charge in [-0.15, -0.1) is 0 Å². The van der Waals surface area contributed by atoms with E-state index in [9.17, 15) is 19.1 Å². The maximum atomic E-state index is 14.1. The fourth-order valence-electron chi connectivity index (χ4n) is 3.50. The number of Topliss-reactive ketones (excluding diaryl/α,β-unsaturated/α-hetero) is 1. The quantitative estimate of drug-likeness (QED) is 0.327. The molecule has 0 aliphatic carbocycles. The minimum absolute atomic E-state index is 0.0529. The number of rotatable bonds is 4. The molecule has 1 N–H and O–H groups in total.